The third-order valence-electron chi connectivity index (χ3n) is 1.32. The topological polar surface area (TPSA) is 43.8 Å². The molecule has 3 nitrogen and oxygen atoms in total. The zero-order valence-corrected chi connectivity index (χ0v) is 7.47. The number of rotatable bonds is 2. The van der Waals surface area contributed by atoms with Gasteiger partial charge in [0.15, 0.2) is 5.15 Å². The number of aromatic nitrogens is 2. The highest BCUT2D eigenvalue weighted by Gasteiger charge is 2.03. The highest BCUT2D eigenvalue weighted by atomic mass is 35.5. The highest BCUT2D eigenvalue weighted by molar-refractivity contribution is 6.29. The Morgan fingerprint density at radius 1 is 1.73 bits per heavy atom. The van der Waals surface area contributed by atoms with Crippen LogP contribution < -0.4 is 5.73 Å². The van der Waals surface area contributed by atoms with Crippen LogP contribution in [0, 0.1) is 5.92 Å². The van der Waals surface area contributed by atoms with Crippen molar-refractivity contribution in [1.29, 1.82) is 0 Å². The first-order valence-electron chi connectivity index (χ1n) is 3.58. The van der Waals surface area contributed by atoms with Gasteiger partial charge in [0.1, 0.15) is 5.82 Å². The van der Waals surface area contributed by atoms with E-state index in [1.165, 1.54) is 0 Å². The van der Waals surface area contributed by atoms with Crippen molar-refractivity contribution in [2.24, 2.45) is 5.92 Å². The van der Waals surface area contributed by atoms with Crippen molar-refractivity contribution in [2.75, 3.05) is 5.73 Å². The maximum Gasteiger partial charge on any atom is 0.153 e. The summed E-state index contributed by atoms with van der Waals surface area (Å²) in [5, 5.41) is 4.47. The van der Waals surface area contributed by atoms with Gasteiger partial charge in [0.05, 0.1) is 0 Å². The fourth-order valence-corrected chi connectivity index (χ4v) is 1.09. The number of nitrogens with zero attached hydrogens (tertiary/aromatic N) is 2. The summed E-state index contributed by atoms with van der Waals surface area (Å²) in [6.07, 6.45) is 0. The Labute approximate surface area is 71.1 Å². The van der Waals surface area contributed by atoms with Crippen molar-refractivity contribution < 1.29 is 0 Å². The molecule has 0 amide bonds. The maximum atomic E-state index is 5.64. The van der Waals surface area contributed by atoms with Gasteiger partial charge in [0, 0.05) is 12.6 Å². The second-order valence-corrected chi connectivity index (χ2v) is 3.36. The predicted octanol–water partition coefficient (Wildman–Crippen LogP) is 1.77. The van der Waals surface area contributed by atoms with Crippen LogP contribution in [-0.4, -0.2) is 9.78 Å². The van der Waals surface area contributed by atoms with Crippen molar-refractivity contribution >= 4 is 17.4 Å². The summed E-state index contributed by atoms with van der Waals surface area (Å²) >= 11 is 5.64. The molecule has 0 aromatic carbocycles. The third-order valence-corrected chi connectivity index (χ3v) is 1.50. The van der Waals surface area contributed by atoms with Gasteiger partial charge in [-0.1, -0.05) is 25.4 Å². The molecular weight excluding hydrogens is 162 g/mol. The lowest BCUT2D eigenvalue weighted by molar-refractivity contribution is 0.489. The second kappa shape index (κ2) is 3.13. The molecule has 0 saturated carbocycles. The lowest BCUT2D eigenvalue weighted by Crippen LogP contribution is -2.08. The van der Waals surface area contributed by atoms with Crippen molar-refractivity contribution in [2.45, 2.75) is 20.4 Å². The van der Waals surface area contributed by atoms with Gasteiger partial charge in [-0.25, -0.2) is 4.68 Å². The third kappa shape index (κ3) is 2.12. The number of nitrogens with two attached hydrogens (primary N) is 1. The van der Waals surface area contributed by atoms with Gasteiger partial charge >= 0.3 is 0 Å². The largest absolute Gasteiger partial charge is 0.384 e. The second-order valence-electron chi connectivity index (χ2n) is 2.97. The SMILES string of the molecule is CC(C)Cn1nc(Cl)cc1N. The minimum atomic E-state index is 0.461. The van der Waals surface area contributed by atoms with Crippen LogP contribution in [0.4, 0.5) is 5.82 Å². The molecule has 2 N–H and O–H groups in total. The standard InChI is InChI=1S/C7H12ClN3/c1-5(2)4-11-7(9)3-6(8)10-11/h3,5H,4,9H2,1-2H3. The molecule has 0 radical (unpaired) electrons. The molecule has 1 aromatic rings. The molecule has 11 heavy (non-hydrogen) atoms. The van der Waals surface area contributed by atoms with Gasteiger partial charge in [-0.05, 0) is 5.92 Å². The fraction of sp³-hybridized carbons (Fsp3) is 0.571. The van der Waals surface area contributed by atoms with Crippen LogP contribution in [0.1, 0.15) is 13.8 Å². The molecule has 0 aliphatic heterocycles. The first-order chi connectivity index (χ1) is 5.09. The van der Waals surface area contributed by atoms with E-state index in [4.69, 9.17) is 17.3 Å². The van der Waals surface area contributed by atoms with E-state index in [0.29, 0.717) is 16.9 Å². The molecule has 0 atom stereocenters. The average molecular weight is 174 g/mol. The lowest BCUT2D eigenvalue weighted by atomic mass is 10.2. The van der Waals surface area contributed by atoms with Crippen LogP contribution in [-0.2, 0) is 6.54 Å². The lowest BCUT2D eigenvalue weighted by Gasteiger charge is -2.05. The minimum Gasteiger partial charge on any atom is -0.384 e. The van der Waals surface area contributed by atoms with Crippen molar-refractivity contribution in [3.63, 3.8) is 0 Å². The highest BCUT2D eigenvalue weighted by Crippen LogP contribution is 2.12. The molecule has 0 fully saturated rings. The summed E-state index contributed by atoms with van der Waals surface area (Å²) in [7, 11) is 0. The van der Waals surface area contributed by atoms with Crippen LogP contribution >= 0.6 is 11.6 Å². The summed E-state index contributed by atoms with van der Waals surface area (Å²) in [5.74, 6) is 1.16. The van der Waals surface area contributed by atoms with E-state index >= 15 is 0 Å². The molecule has 0 unspecified atom stereocenters. The minimum absolute atomic E-state index is 0.461. The first kappa shape index (κ1) is 8.40. The van der Waals surface area contributed by atoms with Crippen LogP contribution in [0.25, 0.3) is 0 Å². The molecule has 0 bridgehead atoms. The van der Waals surface area contributed by atoms with Gasteiger partial charge in [-0.3, -0.25) is 0 Å². The molecule has 0 aliphatic carbocycles. The molecular formula is C7H12ClN3. The Kier molecular flexibility index (Phi) is 2.39. The number of halogens is 1. The van der Waals surface area contributed by atoms with Gasteiger partial charge in [0.25, 0.3) is 0 Å². The zero-order chi connectivity index (χ0) is 8.43. The Hall–Kier alpha value is -0.700. The molecule has 1 heterocycles. The molecule has 4 heteroatoms. The Morgan fingerprint density at radius 2 is 2.36 bits per heavy atom. The molecule has 0 spiro atoms. The van der Waals surface area contributed by atoms with Gasteiger partial charge in [-0.15, -0.1) is 0 Å². The van der Waals surface area contributed by atoms with E-state index < -0.39 is 0 Å². The van der Waals surface area contributed by atoms with E-state index in [0.717, 1.165) is 6.54 Å². The molecule has 0 saturated heterocycles. The van der Waals surface area contributed by atoms with Crippen LogP contribution in [0.15, 0.2) is 6.07 Å². The van der Waals surface area contributed by atoms with E-state index in [-0.39, 0.29) is 0 Å². The Morgan fingerprint density at radius 3 is 2.73 bits per heavy atom. The molecule has 1 aromatic heterocycles. The summed E-state index contributed by atoms with van der Waals surface area (Å²) in [5.41, 5.74) is 5.61. The fourth-order valence-electron chi connectivity index (χ4n) is 0.891. The van der Waals surface area contributed by atoms with Gasteiger partial charge in [-0.2, -0.15) is 5.10 Å². The predicted molar refractivity (Wildman–Crippen MR) is 46.5 cm³/mol. The summed E-state index contributed by atoms with van der Waals surface area (Å²) in [6.45, 7) is 5.03. The molecule has 1 rings (SSSR count). The van der Waals surface area contributed by atoms with E-state index in [2.05, 4.69) is 18.9 Å². The van der Waals surface area contributed by atoms with Crippen LogP contribution in [0.3, 0.4) is 0 Å². The van der Waals surface area contributed by atoms with E-state index in [1.807, 2.05) is 0 Å². The Balaban J connectivity index is 2.77. The zero-order valence-electron chi connectivity index (χ0n) is 6.71. The first-order valence-corrected chi connectivity index (χ1v) is 3.96. The van der Waals surface area contributed by atoms with Crippen molar-refractivity contribution in [3.8, 4) is 0 Å². The maximum absolute atomic E-state index is 5.64. The normalized spacial score (nSPS) is 10.9. The average Bonchev–Trinajstić information content (AvgIpc) is 2.09. The van der Waals surface area contributed by atoms with E-state index in [9.17, 15) is 0 Å². The smallest absolute Gasteiger partial charge is 0.153 e. The van der Waals surface area contributed by atoms with Crippen molar-refractivity contribution in [3.05, 3.63) is 11.2 Å². The molecule has 62 valence electrons. The number of anilines is 1. The Bertz CT molecular complexity index is 242. The number of nitrogen functional groups attached to an aromatic ring is 1. The van der Waals surface area contributed by atoms with Crippen LogP contribution in [0.5, 0.6) is 0 Å². The number of hydrogen-bond donors (Lipinski definition) is 1. The summed E-state index contributed by atoms with van der Waals surface area (Å²) < 4.78 is 1.72. The van der Waals surface area contributed by atoms with Crippen LogP contribution in [0.2, 0.25) is 5.15 Å². The monoisotopic (exact) mass is 173 g/mol. The van der Waals surface area contributed by atoms with Crippen molar-refractivity contribution in [1.82, 2.24) is 9.78 Å². The summed E-state index contributed by atoms with van der Waals surface area (Å²) in [6, 6.07) is 1.66. The quantitative estimate of drug-likeness (QED) is 0.741. The number of hydrogen-bond acceptors (Lipinski definition) is 2. The summed E-state index contributed by atoms with van der Waals surface area (Å²) in [4.78, 5) is 0. The molecule has 0 aliphatic rings. The van der Waals surface area contributed by atoms with Gasteiger partial charge < -0.3 is 5.73 Å². The van der Waals surface area contributed by atoms with E-state index in [1.54, 1.807) is 10.7 Å². The van der Waals surface area contributed by atoms with Gasteiger partial charge in [0.2, 0.25) is 0 Å².